The average Bonchev–Trinajstić information content (AvgIpc) is 1.97. The number of hydrogen-bond acceptors (Lipinski definition) is 3. The lowest BCUT2D eigenvalue weighted by molar-refractivity contribution is -0.287. The molecule has 0 aromatic heterocycles. The number of carbonyl (C=O) groups is 1. The second-order valence-electron chi connectivity index (χ2n) is 2.23. The van der Waals surface area contributed by atoms with Gasteiger partial charge in [-0.25, -0.2) is 4.79 Å². The molecular formula is C8H14O3. The monoisotopic (exact) mass is 158 g/mol. The normalized spacial score (nSPS) is 12.2. The summed E-state index contributed by atoms with van der Waals surface area (Å²) in [5, 5.41) is 0. The highest BCUT2D eigenvalue weighted by Gasteiger charge is 2.04. The van der Waals surface area contributed by atoms with Crippen molar-refractivity contribution in [3.63, 3.8) is 0 Å². The molecule has 0 aromatic carbocycles. The van der Waals surface area contributed by atoms with Crippen LogP contribution in [0.3, 0.4) is 0 Å². The van der Waals surface area contributed by atoms with Crippen LogP contribution in [0.25, 0.3) is 0 Å². The van der Waals surface area contributed by atoms with E-state index in [9.17, 15) is 4.79 Å². The van der Waals surface area contributed by atoms with Crippen LogP contribution >= 0.6 is 0 Å². The first-order valence-corrected chi connectivity index (χ1v) is 3.67. The summed E-state index contributed by atoms with van der Waals surface area (Å²) in [6.45, 7) is 6.86. The van der Waals surface area contributed by atoms with Gasteiger partial charge in [-0.1, -0.05) is 19.4 Å². The minimum atomic E-state index is -0.437. The van der Waals surface area contributed by atoms with Gasteiger partial charge in [-0.3, -0.25) is 4.89 Å². The minimum absolute atomic E-state index is 0.177. The Morgan fingerprint density at radius 1 is 1.73 bits per heavy atom. The van der Waals surface area contributed by atoms with Crippen LogP contribution in [0.15, 0.2) is 12.7 Å². The topological polar surface area (TPSA) is 35.5 Å². The van der Waals surface area contributed by atoms with Crippen molar-refractivity contribution in [1.29, 1.82) is 0 Å². The minimum Gasteiger partial charge on any atom is -0.298 e. The van der Waals surface area contributed by atoms with Crippen molar-refractivity contribution < 1.29 is 14.6 Å². The van der Waals surface area contributed by atoms with E-state index in [0.717, 1.165) is 12.8 Å². The molecule has 0 saturated heterocycles. The summed E-state index contributed by atoms with van der Waals surface area (Å²) in [6, 6.07) is 0. The molecule has 3 heteroatoms. The number of hydrogen-bond donors (Lipinski definition) is 0. The maximum Gasteiger partial charge on any atom is 0.339 e. The maximum absolute atomic E-state index is 10.3. The third-order valence-corrected chi connectivity index (χ3v) is 1.13. The molecule has 0 aliphatic carbocycles. The van der Waals surface area contributed by atoms with E-state index in [1.54, 1.807) is 6.08 Å². The Balaban J connectivity index is 3.51. The molecule has 0 N–H and O–H groups in total. The molecule has 0 fully saturated rings. The van der Waals surface area contributed by atoms with Crippen LogP contribution in [0.2, 0.25) is 0 Å². The van der Waals surface area contributed by atoms with Crippen molar-refractivity contribution >= 4 is 5.97 Å². The molecule has 0 spiro atoms. The van der Waals surface area contributed by atoms with Crippen molar-refractivity contribution in [3.05, 3.63) is 12.7 Å². The zero-order valence-electron chi connectivity index (χ0n) is 7.00. The van der Waals surface area contributed by atoms with Crippen LogP contribution in [-0.4, -0.2) is 12.1 Å². The highest BCUT2D eigenvalue weighted by molar-refractivity contribution is 5.65. The van der Waals surface area contributed by atoms with Gasteiger partial charge in [0, 0.05) is 6.92 Å². The second kappa shape index (κ2) is 5.92. The molecule has 0 rings (SSSR count). The summed E-state index contributed by atoms with van der Waals surface area (Å²) in [4.78, 5) is 19.3. The summed E-state index contributed by atoms with van der Waals surface area (Å²) in [6.07, 6.45) is 3.23. The Bertz CT molecular complexity index is 131. The van der Waals surface area contributed by atoms with Crippen LogP contribution < -0.4 is 0 Å². The first-order valence-electron chi connectivity index (χ1n) is 3.67. The second-order valence-corrected chi connectivity index (χ2v) is 2.23. The molecule has 64 valence electrons. The highest BCUT2D eigenvalue weighted by Crippen LogP contribution is 2.03. The zero-order chi connectivity index (χ0) is 8.69. The zero-order valence-corrected chi connectivity index (χ0v) is 7.00. The molecule has 0 aromatic rings. The van der Waals surface area contributed by atoms with Gasteiger partial charge in [0.1, 0.15) is 6.10 Å². The molecule has 0 aliphatic heterocycles. The first kappa shape index (κ1) is 10.2. The molecule has 0 amide bonds. The Labute approximate surface area is 66.9 Å². The fourth-order valence-electron chi connectivity index (χ4n) is 0.619. The van der Waals surface area contributed by atoms with Gasteiger partial charge in [-0.15, -0.1) is 6.58 Å². The van der Waals surface area contributed by atoms with E-state index in [4.69, 9.17) is 4.89 Å². The summed E-state index contributed by atoms with van der Waals surface area (Å²) >= 11 is 0. The largest absolute Gasteiger partial charge is 0.339 e. The maximum atomic E-state index is 10.3. The van der Waals surface area contributed by atoms with Gasteiger partial charge >= 0.3 is 5.97 Å². The molecule has 0 radical (unpaired) electrons. The molecule has 1 unspecified atom stereocenters. The predicted molar refractivity (Wildman–Crippen MR) is 41.7 cm³/mol. The van der Waals surface area contributed by atoms with Crippen molar-refractivity contribution in [1.82, 2.24) is 0 Å². The van der Waals surface area contributed by atoms with Gasteiger partial charge in [0.05, 0.1) is 0 Å². The van der Waals surface area contributed by atoms with Crippen molar-refractivity contribution in [2.75, 3.05) is 0 Å². The molecule has 1 atom stereocenters. The fraction of sp³-hybridized carbons (Fsp3) is 0.625. The molecule has 0 saturated carbocycles. The van der Waals surface area contributed by atoms with Gasteiger partial charge in [-0.2, -0.15) is 4.89 Å². The van der Waals surface area contributed by atoms with Crippen LogP contribution in [0.4, 0.5) is 0 Å². The molecule has 0 heterocycles. The van der Waals surface area contributed by atoms with Gasteiger partial charge in [0.2, 0.25) is 0 Å². The van der Waals surface area contributed by atoms with Crippen LogP contribution in [0.5, 0.6) is 0 Å². The molecule has 0 bridgehead atoms. The van der Waals surface area contributed by atoms with Gasteiger partial charge in [0.15, 0.2) is 0 Å². The van der Waals surface area contributed by atoms with Crippen LogP contribution in [-0.2, 0) is 14.6 Å². The first-order chi connectivity index (χ1) is 5.20. The van der Waals surface area contributed by atoms with Gasteiger partial charge in [0.25, 0.3) is 0 Å². The van der Waals surface area contributed by atoms with Crippen molar-refractivity contribution in [2.24, 2.45) is 0 Å². The predicted octanol–water partition coefficient (Wildman–Crippen LogP) is 1.84. The standard InChI is InChI=1S/C8H14O3/c1-4-6-8(5-2)11-10-7(3)9/h5,8H,2,4,6H2,1,3H3. The molecular weight excluding hydrogens is 144 g/mol. The van der Waals surface area contributed by atoms with E-state index in [2.05, 4.69) is 11.5 Å². The van der Waals surface area contributed by atoms with Crippen LogP contribution in [0, 0.1) is 0 Å². The molecule has 3 nitrogen and oxygen atoms in total. The van der Waals surface area contributed by atoms with Crippen molar-refractivity contribution in [2.45, 2.75) is 32.8 Å². The van der Waals surface area contributed by atoms with Crippen LogP contribution in [0.1, 0.15) is 26.7 Å². The Hall–Kier alpha value is -0.830. The van der Waals surface area contributed by atoms with E-state index in [1.165, 1.54) is 6.92 Å². The lowest BCUT2D eigenvalue weighted by atomic mass is 10.2. The van der Waals surface area contributed by atoms with E-state index in [1.807, 2.05) is 6.92 Å². The Kier molecular flexibility index (Phi) is 5.47. The summed E-state index contributed by atoms with van der Waals surface area (Å²) in [5.41, 5.74) is 0. The fourth-order valence-corrected chi connectivity index (χ4v) is 0.619. The van der Waals surface area contributed by atoms with Gasteiger partial charge in [-0.05, 0) is 6.42 Å². The summed E-state index contributed by atoms with van der Waals surface area (Å²) in [5.74, 6) is -0.437. The summed E-state index contributed by atoms with van der Waals surface area (Å²) < 4.78 is 0. The SMILES string of the molecule is C=CC(CCC)OOC(C)=O. The quantitative estimate of drug-likeness (QED) is 0.348. The lowest BCUT2D eigenvalue weighted by Gasteiger charge is -2.08. The van der Waals surface area contributed by atoms with Crippen molar-refractivity contribution in [3.8, 4) is 0 Å². The van der Waals surface area contributed by atoms with E-state index in [-0.39, 0.29) is 6.10 Å². The van der Waals surface area contributed by atoms with E-state index in [0.29, 0.717) is 0 Å². The summed E-state index contributed by atoms with van der Waals surface area (Å²) in [7, 11) is 0. The number of rotatable bonds is 5. The van der Waals surface area contributed by atoms with E-state index < -0.39 is 5.97 Å². The third kappa shape index (κ3) is 5.61. The number of carbonyl (C=O) groups excluding carboxylic acids is 1. The molecule has 11 heavy (non-hydrogen) atoms. The molecule has 0 aliphatic rings. The average molecular weight is 158 g/mol. The highest BCUT2D eigenvalue weighted by atomic mass is 17.2. The lowest BCUT2D eigenvalue weighted by Crippen LogP contribution is -2.11. The smallest absolute Gasteiger partial charge is 0.298 e. The van der Waals surface area contributed by atoms with E-state index >= 15 is 0 Å². The Morgan fingerprint density at radius 3 is 2.73 bits per heavy atom. The third-order valence-electron chi connectivity index (χ3n) is 1.13. The Morgan fingerprint density at radius 2 is 2.36 bits per heavy atom. The van der Waals surface area contributed by atoms with Gasteiger partial charge < -0.3 is 0 Å².